The molecule has 1 saturated heterocycles. The van der Waals surface area contributed by atoms with Crippen LogP contribution in [0.2, 0.25) is 10.0 Å². The van der Waals surface area contributed by atoms with Crippen LogP contribution in [0.5, 0.6) is 0 Å². The highest BCUT2D eigenvalue weighted by Crippen LogP contribution is 2.38. The molecular weight excluding hydrogens is 267 g/mol. The Morgan fingerprint density at radius 1 is 1.39 bits per heavy atom. The molecule has 1 aromatic carbocycles. The minimum absolute atomic E-state index is 0.173. The Hall–Kier alpha value is -0.280. The maximum atomic E-state index is 6.31. The first kappa shape index (κ1) is 14.1. The van der Waals surface area contributed by atoms with Gasteiger partial charge in [0.15, 0.2) is 0 Å². The highest BCUT2D eigenvalue weighted by Gasteiger charge is 2.37. The second-order valence-electron chi connectivity index (χ2n) is 5.53. The van der Waals surface area contributed by atoms with E-state index in [4.69, 9.17) is 28.9 Å². The predicted octanol–water partition coefficient (Wildman–Crippen LogP) is 3.87. The van der Waals surface area contributed by atoms with Crippen LogP contribution in [0.25, 0.3) is 0 Å². The molecular formula is C14H20Cl2N2. The van der Waals surface area contributed by atoms with Gasteiger partial charge in [-0.25, -0.2) is 0 Å². The average Bonchev–Trinajstić information content (AvgIpc) is 2.63. The van der Waals surface area contributed by atoms with Crippen LogP contribution in [0, 0.1) is 0 Å². The van der Waals surface area contributed by atoms with Gasteiger partial charge in [0, 0.05) is 28.2 Å². The molecule has 1 heterocycles. The molecule has 1 unspecified atom stereocenters. The van der Waals surface area contributed by atoms with E-state index in [9.17, 15) is 0 Å². The summed E-state index contributed by atoms with van der Waals surface area (Å²) in [6.07, 6.45) is 2.42. The third-order valence-electron chi connectivity index (χ3n) is 3.89. The third kappa shape index (κ3) is 2.67. The summed E-state index contributed by atoms with van der Waals surface area (Å²) in [5.41, 5.74) is 7.25. The minimum atomic E-state index is 0.173. The van der Waals surface area contributed by atoms with Gasteiger partial charge in [0.05, 0.1) is 0 Å². The van der Waals surface area contributed by atoms with Crippen LogP contribution in [-0.2, 0) is 0 Å². The lowest BCUT2D eigenvalue weighted by Gasteiger charge is -2.38. The number of benzene rings is 1. The van der Waals surface area contributed by atoms with Crippen LogP contribution < -0.4 is 5.73 Å². The Balaban J connectivity index is 2.33. The SMILES string of the molecule is CC1(C)CCCN1C(CN)c1ccc(Cl)cc1Cl. The Morgan fingerprint density at radius 3 is 2.61 bits per heavy atom. The van der Waals surface area contributed by atoms with Gasteiger partial charge in [0.1, 0.15) is 0 Å². The van der Waals surface area contributed by atoms with Gasteiger partial charge in [-0.3, -0.25) is 4.90 Å². The number of rotatable bonds is 3. The topological polar surface area (TPSA) is 29.3 Å². The maximum absolute atomic E-state index is 6.31. The smallest absolute Gasteiger partial charge is 0.0490 e. The monoisotopic (exact) mass is 286 g/mol. The molecule has 0 amide bonds. The second kappa shape index (κ2) is 5.38. The summed E-state index contributed by atoms with van der Waals surface area (Å²) in [5, 5.41) is 1.38. The van der Waals surface area contributed by atoms with E-state index in [-0.39, 0.29) is 11.6 Å². The van der Waals surface area contributed by atoms with Gasteiger partial charge < -0.3 is 5.73 Å². The molecule has 0 spiro atoms. The molecule has 1 aliphatic heterocycles. The molecule has 2 N–H and O–H groups in total. The van der Waals surface area contributed by atoms with E-state index < -0.39 is 0 Å². The molecule has 0 radical (unpaired) electrons. The summed E-state index contributed by atoms with van der Waals surface area (Å²) < 4.78 is 0. The first-order valence-electron chi connectivity index (χ1n) is 6.37. The lowest BCUT2D eigenvalue weighted by atomic mass is 9.97. The first-order valence-corrected chi connectivity index (χ1v) is 7.13. The standard InChI is InChI=1S/C14H20Cl2N2/c1-14(2)6-3-7-18(14)13(9-17)11-5-4-10(15)8-12(11)16/h4-5,8,13H,3,6-7,9,17H2,1-2H3. The molecule has 0 aliphatic carbocycles. The summed E-state index contributed by atoms with van der Waals surface area (Å²) >= 11 is 12.3. The van der Waals surface area contributed by atoms with E-state index >= 15 is 0 Å². The van der Waals surface area contributed by atoms with Gasteiger partial charge in [0.2, 0.25) is 0 Å². The van der Waals surface area contributed by atoms with Crippen molar-refractivity contribution in [3.05, 3.63) is 33.8 Å². The quantitative estimate of drug-likeness (QED) is 0.914. The summed E-state index contributed by atoms with van der Waals surface area (Å²) in [6, 6.07) is 5.85. The lowest BCUT2D eigenvalue weighted by Crippen LogP contribution is -2.43. The van der Waals surface area contributed by atoms with Gasteiger partial charge in [-0.2, -0.15) is 0 Å². The van der Waals surface area contributed by atoms with Crippen molar-refractivity contribution in [2.45, 2.75) is 38.3 Å². The van der Waals surface area contributed by atoms with Crippen molar-refractivity contribution < 1.29 is 0 Å². The molecule has 1 aliphatic rings. The average molecular weight is 287 g/mol. The van der Waals surface area contributed by atoms with Gasteiger partial charge in [-0.1, -0.05) is 29.3 Å². The zero-order valence-corrected chi connectivity index (χ0v) is 12.4. The van der Waals surface area contributed by atoms with E-state index in [2.05, 4.69) is 18.7 Å². The molecule has 1 fully saturated rings. The van der Waals surface area contributed by atoms with E-state index in [1.165, 1.54) is 12.8 Å². The fraction of sp³-hybridized carbons (Fsp3) is 0.571. The van der Waals surface area contributed by atoms with Crippen LogP contribution in [0.15, 0.2) is 18.2 Å². The lowest BCUT2D eigenvalue weighted by molar-refractivity contribution is 0.119. The fourth-order valence-corrected chi connectivity index (χ4v) is 3.43. The molecule has 2 nitrogen and oxygen atoms in total. The highest BCUT2D eigenvalue weighted by atomic mass is 35.5. The molecule has 0 aromatic heterocycles. The van der Waals surface area contributed by atoms with Crippen molar-refractivity contribution >= 4 is 23.2 Å². The Labute approximate surface area is 119 Å². The maximum Gasteiger partial charge on any atom is 0.0490 e. The number of hydrogen-bond donors (Lipinski definition) is 1. The third-order valence-corrected chi connectivity index (χ3v) is 4.45. The van der Waals surface area contributed by atoms with Gasteiger partial charge in [-0.15, -0.1) is 0 Å². The van der Waals surface area contributed by atoms with Crippen LogP contribution in [0.3, 0.4) is 0 Å². The normalized spacial score (nSPS) is 21.2. The molecule has 0 bridgehead atoms. The van der Waals surface area contributed by atoms with E-state index in [1.807, 2.05) is 12.1 Å². The van der Waals surface area contributed by atoms with Gasteiger partial charge in [-0.05, 0) is 50.9 Å². The number of halogens is 2. The van der Waals surface area contributed by atoms with Crippen LogP contribution in [0.4, 0.5) is 0 Å². The van der Waals surface area contributed by atoms with E-state index in [1.54, 1.807) is 6.07 Å². The van der Waals surface area contributed by atoms with Crippen molar-refractivity contribution in [3.63, 3.8) is 0 Å². The zero-order valence-electron chi connectivity index (χ0n) is 10.9. The van der Waals surface area contributed by atoms with Crippen molar-refractivity contribution in [2.24, 2.45) is 5.73 Å². The molecule has 1 aromatic rings. The summed E-state index contributed by atoms with van der Waals surface area (Å²) in [4.78, 5) is 2.46. The molecule has 100 valence electrons. The van der Waals surface area contributed by atoms with Crippen LogP contribution >= 0.6 is 23.2 Å². The van der Waals surface area contributed by atoms with Crippen molar-refractivity contribution in [2.75, 3.05) is 13.1 Å². The van der Waals surface area contributed by atoms with E-state index in [0.717, 1.165) is 12.1 Å². The van der Waals surface area contributed by atoms with Crippen molar-refractivity contribution in [1.82, 2.24) is 4.90 Å². The molecule has 2 rings (SSSR count). The number of nitrogens with two attached hydrogens (primary N) is 1. The number of likely N-dealkylation sites (tertiary alicyclic amines) is 1. The molecule has 18 heavy (non-hydrogen) atoms. The fourth-order valence-electron chi connectivity index (χ4n) is 2.90. The largest absolute Gasteiger partial charge is 0.329 e. The van der Waals surface area contributed by atoms with Crippen molar-refractivity contribution in [1.29, 1.82) is 0 Å². The van der Waals surface area contributed by atoms with Gasteiger partial charge >= 0.3 is 0 Å². The Morgan fingerprint density at radius 2 is 2.11 bits per heavy atom. The zero-order chi connectivity index (χ0) is 13.3. The number of hydrogen-bond acceptors (Lipinski definition) is 2. The van der Waals surface area contributed by atoms with Crippen LogP contribution in [-0.4, -0.2) is 23.5 Å². The Kier molecular flexibility index (Phi) is 4.22. The summed E-state index contributed by atoms with van der Waals surface area (Å²) in [5.74, 6) is 0. The summed E-state index contributed by atoms with van der Waals surface area (Å²) in [6.45, 7) is 6.19. The predicted molar refractivity (Wildman–Crippen MR) is 78.3 cm³/mol. The van der Waals surface area contributed by atoms with E-state index in [0.29, 0.717) is 16.6 Å². The number of nitrogens with zero attached hydrogens (tertiary/aromatic N) is 1. The molecule has 4 heteroatoms. The van der Waals surface area contributed by atoms with Crippen LogP contribution in [0.1, 0.15) is 38.3 Å². The second-order valence-corrected chi connectivity index (χ2v) is 6.37. The first-order chi connectivity index (χ1) is 8.45. The van der Waals surface area contributed by atoms with Crippen molar-refractivity contribution in [3.8, 4) is 0 Å². The highest BCUT2D eigenvalue weighted by molar-refractivity contribution is 6.35. The molecule has 1 atom stereocenters. The molecule has 0 saturated carbocycles. The van der Waals surface area contributed by atoms with Gasteiger partial charge in [0.25, 0.3) is 0 Å². The Bertz CT molecular complexity index is 432. The minimum Gasteiger partial charge on any atom is -0.329 e. The summed E-state index contributed by atoms with van der Waals surface area (Å²) in [7, 11) is 0.